The number of hydrogen-bond donors (Lipinski definition) is 0. The molecule has 0 aliphatic heterocycles. The minimum Gasteiger partial charge on any atom is -0.472 e. The Bertz CT molecular complexity index is 984. The molecule has 140 valence electrons. The molecule has 3 rings (SSSR count). The van der Waals surface area contributed by atoms with Crippen LogP contribution in [-0.4, -0.2) is 14.8 Å². The molecule has 0 spiro atoms. The SMILES string of the molecule is CCC#Cc1cc2cnn(CC(C)CC)c2cc1COc1ncccc1I. The molecule has 1 atom stereocenters. The fourth-order valence-electron chi connectivity index (χ4n) is 2.78. The van der Waals surface area contributed by atoms with E-state index in [-0.39, 0.29) is 0 Å². The normalized spacial score (nSPS) is 11.9. The van der Waals surface area contributed by atoms with Crippen molar-refractivity contribution in [2.75, 3.05) is 0 Å². The number of nitrogens with zero attached hydrogens (tertiary/aromatic N) is 3. The first kappa shape index (κ1) is 19.7. The van der Waals surface area contributed by atoms with E-state index in [2.05, 4.69) is 82.1 Å². The van der Waals surface area contributed by atoms with Gasteiger partial charge in [-0.1, -0.05) is 39.0 Å². The van der Waals surface area contributed by atoms with Crippen LogP contribution in [0.2, 0.25) is 0 Å². The van der Waals surface area contributed by atoms with Crippen LogP contribution in [-0.2, 0) is 13.2 Å². The Hall–Kier alpha value is -2.07. The molecular weight excluding hydrogens is 449 g/mol. The first-order valence-corrected chi connectivity index (χ1v) is 10.4. The van der Waals surface area contributed by atoms with Crippen molar-refractivity contribution in [2.45, 2.75) is 46.8 Å². The lowest BCUT2D eigenvalue weighted by Gasteiger charge is -2.12. The van der Waals surface area contributed by atoms with E-state index in [4.69, 9.17) is 4.74 Å². The highest BCUT2D eigenvalue weighted by Gasteiger charge is 2.12. The van der Waals surface area contributed by atoms with Crippen LogP contribution < -0.4 is 4.74 Å². The van der Waals surface area contributed by atoms with Crippen LogP contribution in [0.15, 0.2) is 36.7 Å². The zero-order valence-corrected chi connectivity index (χ0v) is 18.2. The van der Waals surface area contributed by atoms with Crippen LogP contribution in [0.1, 0.15) is 44.7 Å². The third kappa shape index (κ3) is 4.81. The number of aromatic nitrogens is 3. The highest BCUT2D eigenvalue weighted by molar-refractivity contribution is 14.1. The number of halogens is 1. The maximum absolute atomic E-state index is 6.00. The van der Waals surface area contributed by atoms with E-state index < -0.39 is 0 Å². The summed E-state index contributed by atoms with van der Waals surface area (Å²) in [6.45, 7) is 7.87. The third-order valence-electron chi connectivity index (χ3n) is 4.54. The molecule has 27 heavy (non-hydrogen) atoms. The molecule has 0 radical (unpaired) electrons. The monoisotopic (exact) mass is 473 g/mol. The Morgan fingerprint density at radius 2 is 2.15 bits per heavy atom. The molecule has 0 bridgehead atoms. The van der Waals surface area contributed by atoms with Crippen molar-refractivity contribution < 1.29 is 4.74 Å². The van der Waals surface area contributed by atoms with Crippen molar-refractivity contribution >= 4 is 33.5 Å². The van der Waals surface area contributed by atoms with E-state index >= 15 is 0 Å². The maximum Gasteiger partial charge on any atom is 0.227 e. The average molecular weight is 473 g/mol. The predicted molar refractivity (Wildman–Crippen MR) is 118 cm³/mol. The van der Waals surface area contributed by atoms with Crippen LogP contribution in [0.3, 0.4) is 0 Å². The summed E-state index contributed by atoms with van der Waals surface area (Å²) in [5, 5.41) is 5.71. The zero-order chi connectivity index (χ0) is 19.2. The molecule has 0 saturated heterocycles. The van der Waals surface area contributed by atoms with E-state index in [9.17, 15) is 0 Å². The second-order valence-electron chi connectivity index (χ2n) is 6.64. The molecule has 0 aliphatic rings. The van der Waals surface area contributed by atoms with Crippen molar-refractivity contribution in [1.82, 2.24) is 14.8 Å². The maximum atomic E-state index is 6.00. The van der Waals surface area contributed by atoms with Gasteiger partial charge in [-0.15, -0.1) is 0 Å². The van der Waals surface area contributed by atoms with Crippen LogP contribution in [0.5, 0.6) is 5.88 Å². The van der Waals surface area contributed by atoms with Crippen LogP contribution in [0, 0.1) is 21.3 Å². The van der Waals surface area contributed by atoms with Crippen LogP contribution in [0.25, 0.3) is 10.9 Å². The Kier molecular flexibility index (Phi) is 6.73. The molecule has 0 saturated carbocycles. The summed E-state index contributed by atoms with van der Waals surface area (Å²) < 4.78 is 9.09. The number of benzene rings is 1. The Morgan fingerprint density at radius 3 is 2.89 bits per heavy atom. The summed E-state index contributed by atoms with van der Waals surface area (Å²) in [5.74, 6) is 7.69. The summed E-state index contributed by atoms with van der Waals surface area (Å²) in [6, 6.07) is 8.19. The van der Waals surface area contributed by atoms with Crippen molar-refractivity contribution in [2.24, 2.45) is 5.92 Å². The molecular formula is C22H24IN3O. The summed E-state index contributed by atoms with van der Waals surface area (Å²) in [6.07, 6.45) is 5.64. The highest BCUT2D eigenvalue weighted by Crippen LogP contribution is 2.24. The Morgan fingerprint density at radius 1 is 1.30 bits per heavy atom. The Balaban J connectivity index is 1.96. The van der Waals surface area contributed by atoms with Gasteiger partial charge >= 0.3 is 0 Å². The number of rotatable bonds is 6. The fourth-order valence-corrected chi connectivity index (χ4v) is 3.28. The average Bonchev–Trinajstić information content (AvgIpc) is 3.06. The van der Waals surface area contributed by atoms with Gasteiger partial charge in [-0.05, 0) is 52.8 Å². The van der Waals surface area contributed by atoms with Gasteiger partial charge in [0.2, 0.25) is 5.88 Å². The minimum absolute atomic E-state index is 0.436. The molecule has 1 aromatic carbocycles. The van der Waals surface area contributed by atoms with Gasteiger partial charge in [0.1, 0.15) is 6.61 Å². The van der Waals surface area contributed by atoms with E-state index in [1.54, 1.807) is 6.20 Å². The van der Waals surface area contributed by atoms with Gasteiger partial charge in [0.05, 0.1) is 15.3 Å². The lowest BCUT2D eigenvalue weighted by atomic mass is 10.0. The summed E-state index contributed by atoms with van der Waals surface area (Å²) in [7, 11) is 0. The number of hydrogen-bond acceptors (Lipinski definition) is 3. The smallest absolute Gasteiger partial charge is 0.227 e. The quantitative estimate of drug-likeness (QED) is 0.355. The molecule has 2 aromatic heterocycles. The third-order valence-corrected chi connectivity index (χ3v) is 5.36. The van der Waals surface area contributed by atoms with Gasteiger partial charge in [-0.3, -0.25) is 4.68 Å². The molecule has 3 aromatic rings. The van der Waals surface area contributed by atoms with E-state index in [0.29, 0.717) is 18.4 Å². The van der Waals surface area contributed by atoms with E-state index in [0.717, 1.165) is 45.0 Å². The predicted octanol–water partition coefficient (Wildman–Crippen LogP) is 5.42. The van der Waals surface area contributed by atoms with Crippen molar-refractivity contribution in [3.8, 4) is 17.7 Å². The van der Waals surface area contributed by atoms with Crippen LogP contribution >= 0.6 is 22.6 Å². The van der Waals surface area contributed by atoms with Crippen molar-refractivity contribution in [3.63, 3.8) is 0 Å². The molecule has 0 aliphatic carbocycles. The topological polar surface area (TPSA) is 39.9 Å². The number of ether oxygens (including phenoxy) is 1. The van der Waals surface area contributed by atoms with Crippen LogP contribution in [0.4, 0.5) is 0 Å². The molecule has 0 fully saturated rings. The lowest BCUT2D eigenvalue weighted by molar-refractivity contribution is 0.291. The number of fused-ring (bicyclic) bond motifs is 1. The van der Waals surface area contributed by atoms with Gasteiger partial charge in [-0.2, -0.15) is 5.10 Å². The van der Waals surface area contributed by atoms with Gasteiger partial charge < -0.3 is 4.74 Å². The molecule has 0 N–H and O–H groups in total. The second kappa shape index (κ2) is 9.23. The molecule has 1 unspecified atom stereocenters. The molecule has 2 heterocycles. The van der Waals surface area contributed by atoms with Gasteiger partial charge in [-0.25, -0.2) is 4.98 Å². The molecule has 4 nitrogen and oxygen atoms in total. The number of pyridine rings is 1. The lowest BCUT2D eigenvalue weighted by Crippen LogP contribution is -2.08. The van der Waals surface area contributed by atoms with E-state index in [1.807, 2.05) is 18.3 Å². The largest absolute Gasteiger partial charge is 0.472 e. The first-order valence-electron chi connectivity index (χ1n) is 9.33. The summed E-state index contributed by atoms with van der Waals surface area (Å²) in [4.78, 5) is 4.32. The fraction of sp³-hybridized carbons (Fsp3) is 0.364. The Labute approximate surface area is 174 Å². The zero-order valence-electron chi connectivity index (χ0n) is 16.0. The van der Waals surface area contributed by atoms with Gasteiger partial charge in [0, 0.05) is 35.7 Å². The van der Waals surface area contributed by atoms with Crippen molar-refractivity contribution in [3.05, 3.63) is 51.4 Å². The highest BCUT2D eigenvalue weighted by atomic mass is 127. The van der Waals surface area contributed by atoms with Gasteiger partial charge in [0.15, 0.2) is 0 Å². The molecule has 5 heteroatoms. The second-order valence-corrected chi connectivity index (χ2v) is 7.80. The van der Waals surface area contributed by atoms with Crippen molar-refractivity contribution in [1.29, 1.82) is 0 Å². The molecule has 0 amide bonds. The van der Waals surface area contributed by atoms with Gasteiger partial charge in [0.25, 0.3) is 0 Å². The van der Waals surface area contributed by atoms with E-state index in [1.165, 1.54) is 0 Å². The minimum atomic E-state index is 0.436. The standard InChI is InChI=1S/C22H24IN3O/c1-4-6-8-17-11-18-13-25-26(14-16(3)5-2)21(18)12-19(17)15-27-22-20(23)9-7-10-24-22/h7,9-13,16H,4-5,14-15H2,1-3H3. The first-order chi connectivity index (χ1) is 13.1. The summed E-state index contributed by atoms with van der Waals surface area (Å²) >= 11 is 2.24. The summed E-state index contributed by atoms with van der Waals surface area (Å²) in [5.41, 5.74) is 3.20.